The zero-order valence-electron chi connectivity index (χ0n) is 10.5. The van der Waals surface area contributed by atoms with Crippen molar-refractivity contribution in [3.05, 3.63) is 23.9 Å². The van der Waals surface area contributed by atoms with Crippen LogP contribution in [0.25, 0.3) is 5.65 Å². The van der Waals surface area contributed by atoms with Gasteiger partial charge in [0.1, 0.15) is 0 Å². The Morgan fingerprint density at radius 3 is 3.11 bits per heavy atom. The Morgan fingerprint density at radius 2 is 2.33 bits per heavy atom. The second-order valence-corrected chi connectivity index (χ2v) is 5.24. The number of fused-ring (bicyclic) bond motifs is 1. The van der Waals surface area contributed by atoms with Crippen molar-refractivity contribution < 1.29 is 5.11 Å². The van der Waals surface area contributed by atoms with Gasteiger partial charge < -0.3 is 10.4 Å². The molecule has 2 rings (SSSR count). The molecule has 0 amide bonds. The molecule has 0 aliphatic heterocycles. The number of anilines is 1. The molecule has 2 heterocycles. The van der Waals surface area contributed by atoms with Crippen molar-refractivity contribution in [2.75, 3.05) is 30.0 Å². The number of nitrogens with zero attached hydrogens (tertiary/aromatic N) is 3. The van der Waals surface area contributed by atoms with Crippen LogP contribution in [0.5, 0.6) is 0 Å². The largest absolute Gasteiger partial charge is 0.396 e. The number of aromatic nitrogens is 3. The molecule has 0 radical (unpaired) electrons. The lowest BCUT2D eigenvalue weighted by atomic mass is 10.3. The van der Waals surface area contributed by atoms with Gasteiger partial charge in [0, 0.05) is 25.1 Å². The minimum absolute atomic E-state index is 0.272. The van der Waals surface area contributed by atoms with Crippen LogP contribution in [0.15, 0.2) is 18.3 Å². The fourth-order valence-corrected chi connectivity index (χ4v) is 2.40. The van der Waals surface area contributed by atoms with Crippen LogP contribution in [0, 0.1) is 6.92 Å². The molecule has 0 saturated heterocycles. The molecule has 2 aromatic rings. The zero-order valence-corrected chi connectivity index (χ0v) is 11.3. The molecule has 2 N–H and O–H groups in total. The molecule has 0 saturated carbocycles. The second-order valence-electron chi connectivity index (χ2n) is 4.01. The van der Waals surface area contributed by atoms with Gasteiger partial charge in [-0.25, -0.2) is 4.52 Å². The van der Waals surface area contributed by atoms with Gasteiger partial charge >= 0.3 is 0 Å². The maximum Gasteiger partial charge on any atom is 0.243 e. The smallest absolute Gasteiger partial charge is 0.243 e. The van der Waals surface area contributed by atoms with Gasteiger partial charge in [0.05, 0.1) is 0 Å². The van der Waals surface area contributed by atoms with Gasteiger partial charge in [0.2, 0.25) is 5.95 Å². The summed E-state index contributed by atoms with van der Waals surface area (Å²) < 4.78 is 1.79. The van der Waals surface area contributed by atoms with Crippen LogP contribution in [-0.2, 0) is 0 Å². The number of nitrogens with one attached hydrogen (secondary N) is 1. The Morgan fingerprint density at radius 1 is 1.44 bits per heavy atom. The van der Waals surface area contributed by atoms with Crippen LogP contribution in [-0.4, -0.2) is 44.4 Å². The average molecular weight is 266 g/mol. The van der Waals surface area contributed by atoms with Crippen molar-refractivity contribution >= 4 is 23.4 Å². The quantitative estimate of drug-likeness (QED) is 0.745. The lowest BCUT2D eigenvalue weighted by molar-refractivity contribution is 0.296. The fourth-order valence-electron chi connectivity index (χ4n) is 1.62. The SMILES string of the molecule is Cc1cccn2nc(NCCSCCCO)nc12. The normalized spacial score (nSPS) is 11.0. The summed E-state index contributed by atoms with van der Waals surface area (Å²) >= 11 is 1.82. The van der Waals surface area contributed by atoms with E-state index < -0.39 is 0 Å². The highest BCUT2D eigenvalue weighted by atomic mass is 32.2. The fraction of sp³-hybridized carbons (Fsp3) is 0.500. The first-order valence-corrected chi connectivity index (χ1v) is 7.21. The van der Waals surface area contributed by atoms with E-state index in [1.165, 1.54) is 0 Å². The molecule has 6 heteroatoms. The van der Waals surface area contributed by atoms with Gasteiger partial charge in [-0.3, -0.25) is 0 Å². The summed E-state index contributed by atoms with van der Waals surface area (Å²) in [6, 6.07) is 3.99. The topological polar surface area (TPSA) is 62.5 Å². The maximum atomic E-state index is 8.66. The summed E-state index contributed by atoms with van der Waals surface area (Å²) in [4.78, 5) is 4.44. The Balaban J connectivity index is 1.83. The number of aliphatic hydroxyl groups is 1. The number of thioether (sulfide) groups is 1. The highest BCUT2D eigenvalue weighted by molar-refractivity contribution is 7.99. The molecule has 0 aliphatic rings. The van der Waals surface area contributed by atoms with Crippen LogP contribution >= 0.6 is 11.8 Å². The summed E-state index contributed by atoms with van der Waals surface area (Å²) in [6.45, 7) is 3.14. The van der Waals surface area contributed by atoms with E-state index in [9.17, 15) is 0 Å². The Labute approximate surface area is 111 Å². The standard InChI is InChI=1S/C12H18N4OS/c1-10-4-2-6-16-11(10)14-12(15-16)13-5-9-18-8-3-7-17/h2,4,6,17H,3,5,7-9H2,1H3,(H,13,15). The molecular weight excluding hydrogens is 248 g/mol. The minimum Gasteiger partial charge on any atom is -0.396 e. The van der Waals surface area contributed by atoms with Gasteiger partial charge in [-0.2, -0.15) is 16.7 Å². The predicted octanol–water partition coefficient (Wildman–Crippen LogP) is 1.57. The van der Waals surface area contributed by atoms with E-state index in [-0.39, 0.29) is 6.61 Å². The molecule has 0 bridgehead atoms. The summed E-state index contributed by atoms with van der Waals surface area (Å²) in [6.07, 6.45) is 2.76. The van der Waals surface area contributed by atoms with Gasteiger partial charge in [-0.05, 0) is 30.7 Å². The van der Waals surface area contributed by atoms with Crippen molar-refractivity contribution in [1.29, 1.82) is 0 Å². The van der Waals surface area contributed by atoms with Gasteiger partial charge in [0.15, 0.2) is 5.65 Å². The lowest BCUT2D eigenvalue weighted by Gasteiger charge is -2.00. The van der Waals surface area contributed by atoms with Crippen LogP contribution in [0.1, 0.15) is 12.0 Å². The Hall–Kier alpha value is -1.27. The zero-order chi connectivity index (χ0) is 12.8. The molecular formula is C12H18N4OS. The maximum absolute atomic E-state index is 8.66. The molecule has 98 valence electrons. The van der Waals surface area contributed by atoms with Crippen LogP contribution < -0.4 is 5.32 Å². The molecule has 18 heavy (non-hydrogen) atoms. The van der Waals surface area contributed by atoms with Crippen molar-refractivity contribution in [2.24, 2.45) is 0 Å². The van der Waals surface area contributed by atoms with E-state index in [1.54, 1.807) is 4.52 Å². The summed E-state index contributed by atoms with van der Waals surface area (Å²) in [5.41, 5.74) is 2.02. The second kappa shape index (κ2) is 6.61. The molecule has 0 atom stereocenters. The third-order valence-electron chi connectivity index (χ3n) is 2.53. The first-order valence-electron chi connectivity index (χ1n) is 6.06. The van der Waals surface area contributed by atoms with Gasteiger partial charge in [0.25, 0.3) is 0 Å². The number of rotatable bonds is 7. The van der Waals surface area contributed by atoms with Crippen LogP contribution in [0.3, 0.4) is 0 Å². The number of hydrogen-bond acceptors (Lipinski definition) is 5. The van der Waals surface area contributed by atoms with E-state index in [0.717, 1.165) is 35.7 Å². The number of aliphatic hydroxyl groups excluding tert-OH is 1. The molecule has 0 aliphatic carbocycles. The molecule has 0 unspecified atom stereocenters. The van der Waals surface area contributed by atoms with Crippen molar-refractivity contribution in [3.63, 3.8) is 0 Å². The van der Waals surface area contributed by atoms with Crippen LogP contribution in [0.4, 0.5) is 5.95 Å². The van der Waals surface area contributed by atoms with Crippen molar-refractivity contribution in [2.45, 2.75) is 13.3 Å². The minimum atomic E-state index is 0.272. The van der Waals surface area contributed by atoms with E-state index in [2.05, 4.69) is 15.4 Å². The molecule has 0 spiro atoms. The molecule has 0 aromatic carbocycles. The number of pyridine rings is 1. The van der Waals surface area contributed by atoms with E-state index in [4.69, 9.17) is 5.11 Å². The van der Waals surface area contributed by atoms with Crippen LogP contribution in [0.2, 0.25) is 0 Å². The predicted molar refractivity (Wildman–Crippen MR) is 75.2 cm³/mol. The highest BCUT2D eigenvalue weighted by Crippen LogP contribution is 2.10. The monoisotopic (exact) mass is 266 g/mol. The van der Waals surface area contributed by atoms with Gasteiger partial charge in [-0.1, -0.05) is 6.07 Å². The summed E-state index contributed by atoms with van der Waals surface area (Å²) in [5.74, 6) is 2.66. The Kier molecular flexibility index (Phi) is 4.83. The summed E-state index contributed by atoms with van der Waals surface area (Å²) in [7, 11) is 0. The highest BCUT2D eigenvalue weighted by Gasteiger charge is 2.04. The van der Waals surface area contributed by atoms with E-state index >= 15 is 0 Å². The van der Waals surface area contributed by atoms with Crippen molar-refractivity contribution in [1.82, 2.24) is 14.6 Å². The number of aryl methyl sites for hydroxylation is 1. The lowest BCUT2D eigenvalue weighted by Crippen LogP contribution is -2.06. The van der Waals surface area contributed by atoms with E-state index in [1.807, 2.05) is 37.0 Å². The third kappa shape index (κ3) is 3.36. The van der Waals surface area contributed by atoms with E-state index in [0.29, 0.717) is 5.95 Å². The first-order chi connectivity index (χ1) is 8.81. The molecule has 0 fully saturated rings. The molecule has 2 aromatic heterocycles. The molecule has 5 nitrogen and oxygen atoms in total. The number of hydrogen-bond donors (Lipinski definition) is 2. The third-order valence-corrected chi connectivity index (χ3v) is 3.60. The average Bonchev–Trinajstić information content (AvgIpc) is 2.78. The first kappa shape index (κ1) is 13.2. The van der Waals surface area contributed by atoms with Gasteiger partial charge in [-0.15, -0.1) is 5.10 Å². The Bertz CT molecular complexity index is 500. The summed E-state index contributed by atoms with van der Waals surface area (Å²) in [5, 5.41) is 16.2. The van der Waals surface area contributed by atoms with Crippen molar-refractivity contribution in [3.8, 4) is 0 Å².